The monoisotopic (exact) mass is 548 g/mol. The number of nitrogens with zero attached hydrogens (tertiary/aromatic N) is 6. The van der Waals surface area contributed by atoms with E-state index in [4.69, 9.17) is 9.97 Å². The number of hydrogen-bond donors (Lipinski definition) is 0. The highest BCUT2D eigenvalue weighted by Crippen LogP contribution is 2.34. The Hall–Kier alpha value is -3.46. The second-order valence-corrected chi connectivity index (χ2v) is 11.0. The van der Waals surface area contributed by atoms with Gasteiger partial charge in [-0.3, -0.25) is 9.20 Å². The number of thiazole rings is 1. The number of carbonyl (C=O) groups excluding carboxylic acids is 1. The molecule has 4 heterocycles. The number of imidazole rings is 1. The predicted octanol–water partition coefficient (Wildman–Crippen LogP) is 6.40. The summed E-state index contributed by atoms with van der Waals surface area (Å²) >= 11 is 1.56. The molecule has 1 unspecified atom stereocenters. The number of piperazine rings is 1. The fourth-order valence-corrected chi connectivity index (χ4v) is 6.21. The predicted molar refractivity (Wildman–Crippen MR) is 158 cm³/mol. The van der Waals surface area contributed by atoms with Gasteiger partial charge in [0.2, 0.25) is 5.91 Å². The van der Waals surface area contributed by atoms with Gasteiger partial charge in [0.05, 0.1) is 17.1 Å². The third kappa shape index (κ3) is 5.50. The van der Waals surface area contributed by atoms with Crippen LogP contribution in [0.25, 0.3) is 16.9 Å². The summed E-state index contributed by atoms with van der Waals surface area (Å²) in [5, 5.41) is 2.85. The second-order valence-electron chi connectivity index (χ2n) is 10.1. The van der Waals surface area contributed by atoms with Crippen LogP contribution in [0.5, 0.6) is 0 Å². The first-order valence-electron chi connectivity index (χ1n) is 13.9. The molecule has 7 nitrogen and oxygen atoms in total. The van der Waals surface area contributed by atoms with Gasteiger partial charge in [-0.2, -0.15) is 0 Å². The number of aromatic nitrogens is 3. The van der Waals surface area contributed by atoms with E-state index in [9.17, 15) is 9.18 Å². The van der Waals surface area contributed by atoms with E-state index in [1.807, 2.05) is 17.3 Å². The number of benzene rings is 1. The molecule has 4 aromatic rings. The number of aryl methyl sites for hydroxylation is 1. The van der Waals surface area contributed by atoms with Crippen molar-refractivity contribution in [2.24, 2.45) is 5.92 Å². The quantitative estimate of drug-likeness (QED) is 0.242. The molecule has 39 heavy (non-hydrogen) atoms. The number of halogens is 1. The van der Waals surface area contributed by atoms with Crippen molar-refractivity contribution >= 4 is 39.5 Å². The molecule has 9 heteroatoms. The first-order chi connectivity index (χ1) is 18.9. The topological polar surface area (TPSA) is 57.0 Å². The Kier molecular flexibility index (Phi) is 8.16. The number of hydrogen-bond acceptors (Lipinski definition) is 6. The lowest BCUT2D eigenvalue weighted by Crippen LogP contribution is -2.50. The zero-order chi connectivity index (χ0) is 27.5. The van der Waals surface area contributed by atoms with Crippen molar-refractivity contribution in [2.75, 3.05) is 43.0 Å². The van der Waals surface area contributed by atoms with Crippen LogP contribution in [0.3, 0.4) is 0 Å². The smallest absolute Gasteiger partial charge is 0.225 e. The SMILES string of the molecule is CCCC(CC)C(=O)N1CCN(c2ccc3nc(CC)c(N(C)c4nc(-c5ccc(F)cc5)cs4)n3c2)CC1. The van der Waals surface area contributed by atoms with Gasteiger partial charge in [-0.15, -0.1) is 11.3 Å². The summed E-state index contributed by atoms with van der Waals surface area (Å²) in [4.78, 5) is 29.3. The van der Waals surface area contributed by atoms with Crippen molar-refractivity contribution in [3.8, 4) is 11.3 Å². The molecule has 1 aliphatic heterocycles. The van der Waals surface area contributed by atoms with Gasteiger partial charge in [-0.1, -0.05) is 27.2 Å². The van der Waals surface area contributed by atoms with Crippen LogP contribution in [-0.4, -0.2) is 58.4 Å². The highest BCUT2D eigenvalue weighted by molar-refractivity contribution is 7.14. The largest absolute Gasteiger partial charge is 0.367 e. The standard InChI is InChI=1S/C30H37FN6OS/c1-5-8-21(6-2)29(38)36-17-15-35(16-18-36)24-13-14-27-32-25(7-3)28(37(27)19-24)34(4)30-33-26(20-39-30)22-9-11-23(31)12-10-22/h9-14,19-21H,5-8,15-18H2,1-4H3. The Morgan fingerprint density at radius 2 is 1.79 bits per heavy atom. The molecule has 3 aromatic heterocycles. The van der Waals surface area contributed by atoms with Gasteiger partial charge in [0.25, 0.3) is 0 Å². The Balaban J connectivity index is 1.38. The molecule has 1 aliphatic rings. The minimum absolute atomic E-state index is 0.142. The fraction of sp³-hybridized carbons (Fsp3) is 0.433. The van der Waals surface area contributed by atoms with Crippen molar-refractivity contribution in [2.45, 2.75) is 46.5 Å². The molecule has 0 aliphatic carbocycles. The summed E-state index contributed by atoms with van der Waals surface area (Å²) in [7, 11) is 2.02. The number of amides is 1. The normalized spacial score (nSPS) is 14.7. The molecular weight excluding hydrogens is 511 g/mol. The van der Waals surface area contributed by atoms with Crippen molar-refractivity contribution in [1.29, 1.82) is 0 Å². The average molecular weight is 549 g/mol. The molecule has 1 amide bonds. The fourth-order valence-electron chi connectivity index (χ4n) is 5.41. The molecular formula is C30H37FN6OS. The molecule has 1 saturated heterocycles. The van der Waals surface area contributed by atoms with E-state index < -0.39 is 0 Å². The molecule has 1 fully saturated rings. The molecule has 1 aromatic carbocycles. The molecule has 0 spiro atoms. The second kappa shape index (κ2) is 11.7. The van der Waals surface area contributed by atoms with Crippen LogP contribution in [-0.2, 0) is 11.2 Å². The highest BCUT2D eigenvalue weighted by Gasteiger charge is 2.27. The molecule has 0 N–H and O–H groups in total. The summed E-state index contributed by atoms with van der Waals surface area (Å²) in [5.74, 6) is 1.19. The summed E-state index contributed by atoms with van der Waals surface area (Å²) in [5.41, 5.74) is 4.74. The summed E-state index contributed by atoms with van der Waals surface area (Å²) in [6, 6.07) is 10.6. The van der Waals surface area contributed by atoms with Gasteiger partial charge in [0.15, 0.2) is 5.13 Å². The maximum Gasteiger partial charge on any atom is 0.225 e. The number of rotatable bonds is 9. The van der Waals surface area contributed by atoms with Crippen LogP contribution in [0.1, 0.15) is 45.7 Å². The van der Waals surface area contributed by atoms with Crippen LogP contribution in [0.2, 0.25) is 0 Å². The summed E-state index contributed by atoms with van der Waals surface area (Å²) in [6.45, 7) is 9.50. The molecule has 206 valence electrons. The highest BCUT2D eigenvalue weighted by atomic mass is 32.1. The third-order valence-corrected chi connectivity index (χ3v) is 8.57. The first kappa shape index (κ1) is 27.1. The van der Waals surface area contributed by atoms with Crippen molar-refractivity contribution in [3.05, 3.63) is 59.5 Å². The van der Waals surface area contributed by atoms with Gasteiger partial charge < -0.3 is 14.7 Å². The van der Waals surface area contributed by atoms with Crippen molar-refractivity contribution in [1.82, 2.24) is 19.3 Å². The zero-order valence-electron chi connectivity index (χ0n) is 23.2. The van der Waals surface area contributed by atoms with Gasteiger partial charge in [0, 0.05) is 56.3 Å². The van der Waals surface area contributed by atoms with E-state index in [2.05, 4.69) is 53.3 Å². The van der Waals surface area contributed by atoms with E-state index in [-0.39, 0.29) is 11.7 Å². The zero-order valence-corrected chi connectivity index (χ0v) is 24.0. The number of fused-ring (bicyclic) bond motifs is 1. The summed E-state index contributed by atoms with van der Waals surface area (Å²) < 4.78 is 15.5. The van der Waals surface area contributed by atoms with Crippen LogP contribution in [0.4, 0.5) is 21.0 Å². The van der Waals surface area contributed by atoms with E-state index in [1.54, 1.807) is 23.5 Å². The molecule has 0 radical (unpaired) electrons. The van der Waals surface area contributed by atoms with E-state index in [1.165, 1.54) is 12.1 Å². The molecule has 0 saturated carbocycles. The van der Waals surface area contributed by atoms with Crippen LogP contribution >= 0.6 is 11.3 Å². The lowest BCUT2D eigenvalue weighted by Gasteiger charge is -2.37. The van der Waals surface area contributed by atoms with Crippen LogP contribution < -0.4 is 9.80 Å². The molecule has 1 atom stereocenters. The van der Waals surface area contributed by atoms with E-state index in [0.29, 0.717) is 5.91 Å². The Morgan fingerprint density at radius 3 is 2.46 bits per heavy atom. The van der Waals surface area contributed by atoms with Gasteiger partial charge in [0.1, 0.15) is 17.3 Å². The average Bonchev–Trinajstić information content (AvgIpc) is 3.61. The number of anilines is 3. The maximum atomic E-state index is 13.4. The lowest BCUT2D eigenvalue weighted by atomic mass is 9.99. The molecule has 0 bridgehead atoms. The Labute approximate surface area is 233 Å². The van der Waals surface area contributed by atoms with Crippen molar-refractivity contribution in [3.63, 3.8) is 0 Å². The minimum Gasteiger partial charge on any atom is -0.367 e. The third-order valence-electron chi connectivity index (χ3n) is 7.65. The van der Waals surface area contributed by atoms with Gasteiger partial charge in [-0.05, 0) is 55.7 Å². The molecule has 5 rings (SSSR count). The van der Waals surface area contributed by atoms with Gasteiger partial charge >= 0.3 is 0 Å². The van der Waals surface area contributed by atoms with E-state index >= 15 is 0 Å². The number of carbonyl (C=O) groups is 1. The first-order valence-corrected chi connectivity index (χ1v) is 14.8. The summed E-state index contributed by atoms with van der Waals surface area (Å²) in [6.07, 6.45) is 5.87. The minimum atomic E-state index is -0.255. The van der Waals surface area contributed by atoms with E-state index in [0.717, 1.165) is 91.1 Å². The van der Waals surface area contributed by atoms with Crippen molar-refractivity contribution < 1.29 is 9.18 Å². The Bertz CT molecular complexity index is 1420. The Morgan fingerprint density at radius 1 is 1.05 bits per heavy atom. The lowest BCUT2D eigenvalue weighted by molar-refractivity contribution is -0.136. The van der Waals surface area contributed by atoms with Gasteiger partial charge in [-0.25, -0.2) is 14.4 Å². The van der Waals surface area contributed by atoms with Crippen LogP contribution in [0.15, 0.2) is 48.0 Å². The number of pyridine rings is 1. The maximum absolute atomic E-state index is 13.4. The van der Waals surface area contributed by atoms with Crippen LogP contribution in [0, 0.1) is 11.7 Å².